The number of piperidine rings is 1. The number of fused-ring (bicyclic) bond motifs is 1. The second-order valence-electron chi connectivity index (χ2n) is 9.02. The minimum atomic E-state index is -0.706. The van der Waals surface area contributed by atoms with E-state index >= 15 is 0 Å². The van der Waals surface area contributed by atoms with E-state index in [4.69, 9.17) is 9.47 Å². The molecular weight excluding hydrogens is 382 g/mol. The number of ether oxygens (including phenoxy) is 2. The molecule has 7 heteroatoms. The summed E-state index contributed by atoms with van der Waals surface area (Å²) in [5.74, 6) is 2.06. The van der Waals surface area contributed by atoms with Crippen LogP contribution in [-0.4, -0.2) is 66.0 Å². The van der Waals surface area contributed by atoms with E-state index in [2.05, 4.69) is 30.1 Å². The molecule has 2 fully saturated rings. The summed E-state index contributed by atoms with van der Waals surface area (Å²) in [5, 5.41) is 3.04. The number of benzene rings is 1. The molecule has 0 radical (unpaired) electrons. The summed E-state index contributed by atoms with van der Waals surface area (Å²) < 4.78 is 11.3. The molecule has 2 amide bonds. The highest BCUT2D eigenvalue weighted by molar-refractivity contribution is 6.00. The van der Waals surface area contributed by atoms with Gasteiger partial charge in [0.25, 0.3) is 0 Å². The molecule has 7 nitrogen and oxygen atoms in total. The Hall–Kier alpha value is -2.28. The maximum Gasteiger partial charge on any atom is 0.246 e. The van der Waals surface area contributed by atoms with Crippen molar-refractivity contribution in [1.82, 2.24) is 15.1 Å². The molecule has 164 valence electrons. The monoisotopic (exact) mass is 415 g/mol. The fraction of sp³-hybridized carbons (Fsp3) is 0.652. The smallest absolute Gasteiger partial charge is 0.246 e. The third-order valence-corrected chi connectivity index (χ3v) is 6.53. The fourth-order valence-corrected chi connectivity index (χ4v) is 4.99. The number of hydrogen-bond donors (Lipinski definition) is 1. The number of likely N-dealkylation sites (tertiary alicyclic amines) is 1. The lowest BCUT2D eigenvalue weighted by Crippen LogP contribution is -2.72. The summed E-state index contributed by atoms with van der Waals surface area (Å²) in [5.41, 5.74) is 0.464. The second-order valence-corrected chi connectivity index (χ2v) is 9.02. The maximum atomic E-state index is 13.1. The van der Waals surface area contributed by atoms with Gasteiger partial charge in [0.1, 0.15) is 24.8 Å². The van der Waals surface area contributed by atoms with E-state index in [1.807, 2.05) is 24.0 Å². The van der Waals surface area contributed by atoms with Crippen LogP contribution in [0.2, 0.25) is 0 Å². The number of piperazine rings is 1. The molecule has 1 spiro atoms. The summed E-state index contributed by atoms with van der Waals surface area (Å²) in [6.07, 6.45) is 2.02. The lowest BCUT2D eigenvalue weighted by atomic mass is 9.81. The Morgan fingerprint density at radius 2 is 1.83 bits per heavy atom. The molecule has 30 heavy (non-hydrogen) atoms. The molecule has 0 aromatic heterocycles. The number of nitrogens with zero attached hydrogens (tertiary/aromatic N) is 2. The van der Waals surface area contributed by atoms with Gasteiger partial charge < -0.3 is 19.7 Å². The topological polar surface area (TPSA) is 71.1 Å². The Bertz CT molecular complexity index is 802. The summed E-state index contributed by atoms with van der Waals surface area (Å²) in [6, 6.07) is 5.70. The highest BCUT2D eigenvalue weighted by Crippen LogP contribution is 2.35. The third kappa shape index (κ3) is 3.87. The Kier molecular flexibility index (Phi) is 5.91. The number of carbonyl (C=O) groups is 2. The molecule has 1 unspecified atom stereocenters. The van der Waals surface area contributed by atoms with Crippen molar-refractivity contribution in [3.63, 3.8) is 0 Å². The van der Waals surface area contributed by atoms with Crippen LogP contribution in [0.3, 0.4) is 0 Å². The Balaban J connectivity index is 1.42. The van der Waals surface area contributed by atoms with Gasteiger partial charge in [0, 0.05) is 26.2 Å². The van der Waals surface area contributed by atoms with Crippen molar-refractivity contribution >= 4 is 11.8 Å². The van der Waals surface area contributed by atoms with Gasteiger partial charge in [0.15, 0.2) is 11.5 Å². The molecule has 0 saturated carbocycles. The zero-order valence-corrected chi connectivity index (χ0v) is 18.3. The molecular formula is C23H33N3O4. The van der Waals surface area contributed by atoms with Crippen molar-refractivity contribution in [3.8, 4) is 11.5 Å². The summed E-state index contributed by atoms with van der Waals surface area (Å²) in [7, 11) is 0. The Morgan fingerprint density at radius 1 is 1.13 bits per heavy atom. The normalized spacial score (nSPS) is 23.7. The van der Waals surface area contributed by atoms with Crippen LogP contribution in [0.1, 0.15) is 45.6 Å². The number of hydrogen-bond acceptors (Lipinski definition) is 5. The largest absolute Gasteiger partial charge is 0.486 e. The predicted octanol–water partition coefficient (Wildman–Crippen LogP) is 2.19. The highest BCUT2D eigenvalue weighted by Gasteiger charge is 2.52. The van der Waals surface area contributed by atoms with E-state index in [1.165, 1.54) is 5.56 Å². The van der Waals surface area contributed by atoms with Crippen molar-refractivity contribution in [2.24, 2.45) is 5.92 Å². The summed E-state index contributed by atoms with van der Waals surface area (Å²) in [6.45, 7) is 10.2. The van der Waals surface area contributed by atoms with Crippen molar-refractivity contribution < 1.29 is 19.1 Å². The van der Waals surface area contributed by atoms with Gasteiger partial charge in [0.2, 0.25) is 11.8 Å². The average molecular weight is 416 g/mol. The molecule has 0 aliphatic carbocycles. The number of rotatable bonds is 5. The maximum absolute atomic E-state index is 13.1. The van der Waals surface area contributed by atoms with Gasteiger partial charge in [-0.2, -0.15) is 0 Å². The van der Waals surface area contributed by atoms with E-state index in [9.17, 15) is 9.59 Å². The first-order valence-corrected chi connectivity index (χ1v) is 11.2. The molecule has 3 aliphatic heterocycles. The molecule has 0 bridgehead atoms. The molecule has 2 saturated heterocycles. The lowest BCUT2D eigenvalue weighted by molar-refractivity contribution is -0.161. The molecule has 1 N–H and O–H groups in total. The zero-order chi connectivity index (χ0) is 21.3. The van der Waals surface area contributed by atoms with Crippen LogP contribution < -0.4 is 14.8 Å². The van der Waals surface area contributed by atoms with Gasteiger partial charge in [-0.15, -0.1) is 0 Å². The van der Waals surface area contributed by atoms with Crippen LogP contribution in [-0.2, 0) is 16.1 Å². The molecule has 1 atom stereocenters. The third-order valence-electron chi connectivity index (χ3n) is 6.53. The number of carbonyl (C=O) groups excluding carboxylic acids is 2. The molecule has 1 aromatic carbocycles. The standard InChI is InChI=1S/C23H33N3O4/c1-4-26-21(27)18(13-16(2)3)24-22(28)23(26)7-9-25(10-8-23)15-17-5-6-19-20(14-17)30-12-11-29-19/h5-6,14,16,18H,4,7-13,15H2,1-3H3,(H,24,28). The highest BCUT2D eigenvalue weighted by atomic mass is 16.6. The van der Waals surface area contributed by atoms with Gasteiger partial charge >= 0.3 is 0 Å². The van der Waals surface area contributed by atoms with Gasteiger partial charge in [-0.25, -0.2) is 0 Å². The fourth-order valence-electron chi connectivity index (χ4n) is 4.99. The zero-order valence-electron chi connectivity index (χ0n) is 18.3. The van der Waals surface area contributed by atoms with Crippen molar-refractivity contribution in [2.75, 3.05) is 32.8 Å². The van der Waals surface area contributed by atoms with Crippen LogP contribution in [0.5, 0.6) is 11.5 Å². The van der Waals surface area contributed by atoms with Crippen molar-refractivity contribution in [2.45, 2.75) is 58.2 Å². The Labute approximate surface area is 178 Å². The van der Waals surface area contributed by atoms with Gasteiger partial charge in [0.05, 0.1) is 0 Å². The predicted molar refractivity (Wildman–Crippen MR) is 113 cm³/mol. The van der Waals surface area contributed by atoms with E-state index in [1.54, 1.807) is 0 Å². The van der Waals surface area contributed by atoms with Gasteiger partial charge in [-0.3, -0.25) is 14.5 Å². The van der Waals surface area contributed by atoms with Gasteiger partial charge in [-0.1, -0.05) is 19.9 Å². The lowest BCUT2D eigenvalue weighted by Gasteiger charge is -2.51. The number of amides is 2. The SMILES string of the molecule is CCN1C(=O)C(CC(C)C)NC(=O)C12CCN(Cc1ccc3c(c1)OCCO3)CC2. The molecule has 3 aliphatic rings. The Morgan fingerprint density at radius 3 is 2.50 bits per heavy atom. The quantitative estimate of drug-likeness (QED) is 0.798. The van der Waals surface area contributed by atoms with Crippen LogP contribution in [0.4, 0.5) is 0 Å². The minimum absolute atomic E-state index is 0.0218. The summed E-state index contributed by atoms with van der Waals surface area (Å²) in [4.78, 5) is 30.4. The van der Waals surface area contributed by atoms with E-state index in [0.717, 1.165) is 31.1 Å². The molecule has 3 heterocycles. The first kappa shape index (κ1) is 21.0. The van der Waals surface area contributed by atoms with Crippen LogP contribution in [0.25, 0.3) is 0 Å². The first-order chi connectivity index (χ1) is 14.4. The molecule has 4 rings (SSSR count). The van der Waals surface area contributed by atoms with Crippen molar-refractivity contribution in [1.29, 1.82) is 0 Å². The van der Waals surface area contributed by atoms with E-state index < -0.39 is 5.54 Å². The molecule has 1 aromatic rings. The van der Waals surface area contributed by atoms with Crippen LogP contribution in [0, 0.1) is 5.92 Å². The van der Waals surface area contributed by atoms with Crippen LogP contribution in [0.15, 0.2) is 18.2 Å². The summed E-state index contributed by atoms with van der Waals surface area (Å²) >= 11 is 0. The first-order valence-electron chi connectivity index (χ1n) is 11.2. The van der Waals surface area contributed by atoms with E-state index in [-0.39, 0.29) is 17.9 Å². The number of nitrogens with one attached hydrogen (secondary N) is 1. The van der Waals surface area contributed by atoms with Crippen LogP contribution >= 0.6 is 0 Å². The van der Waals surface area contributed by atoms with Gasteiger partial charge in [-0.05, 0) is 49.8 Å². The number of likely N-dealkylation sites (N-methyl/N-ethyl adjacent to an activating group) is 1. The average Bonchev–Trinajstić information content (AvgIpc) is 2.73. The van der Waals surface area contributed by atoms with E-state index in [0.29, 0.717) is 44.9 Å². The minimum Gasteiger partial charge on any atom is -0.486 e. The second kappa shape index (κ2) is 8.46. The van der Waals surface area contributed by atoms with Crippen molar-refractivity contribution in [3.05, 3.63) is 23.8 Å².